The van der Waals surface area contributed by atoms with E-state index in [9.17, 15) is 4.79 Å². The van der Waals surface area contributed by atoms with Gasteiger partial charge in [0.1, 0.15) is 0 Å². The Bertz CT molecular complexity index is 496. The van der Waals surface area contributed by atoms with Crippen molar-refractivity contribution in [3.05, 3.63) is 16.9 Å². The lowest BCUT2D eigenvalue weighted by molar-refractivity contribution is 0.0914. The predicted molar refractivity (Wildman–Crippen MR) is 77.3 cm³/mol. The summed E-state index contributed by atoms with van der Waals surface area (Å²) in [5.41, 5.74) is -0.136. The van der Waals surface area contributed by atoms with Crippen LogP contribution in [0.1, 0.15) is 31.3 Å². The number of carbonyl (C=O) groups is 1. The molecule has 0 aromatic carbocycles. The predicted octanol–water partition coefficient (Wildman–Crippen LogP) is 1.49. The molecule has 6 nitrogen and oxygen atoms in total. The van der Waals surface area contributed by atoms with E-state index in [1.807, 2.05) is 25.7 Å². The van der Waals surface area contributed by atoms with E-state index >= 15 is 0 Å². The Morgan fingerprint density at radius 2 is 2.05 bits per heavy atom. The second kappa shape index (κ2) is 5.93. The van der Waals surface area contributed by atoms with Crippen LogP contribution in [0, 0.1) is 0 Å². The van der Waals surface area contributed by atoms with Crippen molar-refractivity contribution in [2.75, 3.05) is 31.2 Å². The number of anilines is 1. The van der Waals surface area contributed by atoms with Crippen molar-refractivity contribution in [2.45, 2.75) is 26.3 Å². The first-order chi connectivity index (χ1) is 9.37. The number of amides is 1. The average Bonchev–Trinajstić information content (AvgIpc) is 2.38. The van der Waals surface area contributed by atoms with Crippen LogP contribution in [0.4, 0.5) is 5.95 Å². The number of ether oxygens (including phenoxy) is 1. The normalized spacial score (nSPS) is 16.1. The van der Waals surface area contributed by atoms with Gasteiger partial charge in [-0.3, -0.25) is 4.79 Å². The van der Waals surface area contributed by atoms with Gasteiger partial charge in [-0.05, 0) is 20.8 Å². The topological polar surface area (TPSA) is 67.4 Å². The highest BCUT2D eigenvalue weighted by Gasteiger charge is 2.22. The molecular formula is C13H19ClN4O2. The van der Waals surface area contributed by atoms with Crippen LogP contribution in [-0.2, 0) is 4.74 Å². The molecule has 1 fully saturated rings. The summed E-state index contributed by atoms with van der Waals surface area (Å²) in [4.78, 5) is 22.7. The molecule has 1 aliphatic heterocycles. The molecule has 1 aliphatic rings. The summed E-state index contributed by atoms with van der Waals surface area (Å²) in [6.07, 6.45) is 1.47. The molecule has 1 amide bonds. The Morgan fingerprint density at radius 3 is 2.65 bits per heavy atom. The quantitative estimate of drug-likeness (QED) is 0.896. The first-order valence-corrected chi connectivity index (χ1v) is 6.92. The number of halogens is 1. The standard InChI is InChI=1S/C13H19ClN4O2/c1-13(2,3)17-11(19)10-9(14)8-15-12(16-10)18-4-6-20-7-5-18/h8H,4-7H2,1-3H3,(H,17,19). The van der Waals surface area contributed by atoms with Crippen molar-refractivity contribution in [1.82, 2.24) is 15.3 Å². The van der Waals surface area contributed by atoms with Gasteiger partial charge < -0.3 is 15.0 Å². The van der Waals surface area contributed by atoms with Gasteiger partial charge in [-0.2, -0.15) is 0 Å². The molecule has 0 atom stereocenters. The van der Waals surface area contributed by atoms with E-state index in [0.717, 1.165) is 0 Å². The summed E-state index contributed by atoms with van der Waals surface area (Å²) in [6.45, 7) is 8.41. The van der Waals surface area contributed by atoms with Crippen LogP contribution in [-0.4, -0.2) is 47.7 Å². The van der Waals surface area contributed by atoms with Gasteiger partial charge in [0.15, 0.2) is 5.69 Å². The number of hydrogen-bond acceptors (Lipinski definition) is 5. The molecule has 0 radical (unpaired) electrons. The Kier molecular flexibility index (Phi) is 4.45. The van der Waals surface area contributed by atoms with E-state index in [1.54, 1.807) is 0 Å². The summed E-state index contributed by atoms with van der Waals surface area (Å²) in [5, 5.41) is 3.10. The summed E-state index contributed by atoms with van der Waals surface area (Å²) < 4.78 is 5.29. The van der Waals surface area contributed by atoms with Crippen LogP contribution in [0.25, 0.3) is 0 Å². The molecule has 0 unspecified atom stereocenters. The molecule has 1 N–H and O–H groups in total. The van der Waals surface area contributed by atoms with Crippen molar-refractivity contribution in [3.63, 3.8) is 0 Å². The highest BCUT2D eigenvalue weighted by molar-refractivity contribution is 6.33. The van der Waals surface area contributed by atoms with Gasteiger partial charge in [-0.1, -0.05) is 11.6 Å². The number of carbonyl (C=O) groups excluding carboxylic acids is 1. The molecule has 1 aromatic heterocycles. The van der Waals surface area contributed by atoms with Gasteiger partial charge in [0.2, 0.25) is 5.95 Å². The molecule has 2 heterocycles. The zero-order valence-corrected chi connectivity index (χ0v) is 12.7. The molecule has 2 rings (SSSR count). The van der Waals surface area contributed by atoms with Crippen LogP contribution in [0.3, 0.4) is 0 Å². The van der Waals surface area contributed by atoms with E-state index in [2.05, 4.69) is 15.3 Å². The summed E-state index contributed by atoms with van der Waals surface area (Å²) in [5.74, 6) is 0.219. The summed E-state index contributed by atoms with van der Waals surface area (Å²) in [7, 11) is 0. The van der Waals surface area contributed by atoms with E-state index in [4.69, 9.17) is 16.3 Å². The van der Waals surface area contributed by atoms with Crippen LogP contribution in [0.5, 0.6) is 0 Å². The fourth-order valence-corrected chi connectivity index (χ4v) is 2.01. The van der Waals surface area contributed by atoms with Crippen molar-refractivity contribution in [2.24, 2.45) is 0 Å². The zero-order chi connectivity index (χ0) is 14.8. The smallest absolute Gasteiger partial charge is 0.272 e. The van der Waals surface area contributed by atoms with Crippen molar-refractivity contribution in [1.29, 1.82) is 0 Å². The minimum absolute atomic E-state index is 0.207. The molecule has 1 saturated heterocycles. The Balaban J connectivity index is 2.22. The first-order valence-electron chi connectivity index (χ1n) is 6.54. The molecule has 20 heavy (non-hydrogen) atoms. The molecular weight excluding hydrogens is 280 g/mol. The minimum Gasteiger partial charge on any atom is -0.378 e. The molecule has 1 aromatic rings. The maximum Gasteiger partial charge on any atom is 0.272 e. The van der Waals surface area contributed by atoms with Crippen LogP contribution < -0.4 is 10.2 Å². The molecule has 0 bridgehead atoms. The van der Waals surface area contributed by atoms with Gasteiger partial charge in [-0.15, -0.1) is 0 Å². The van der Waals surface area contributed by atoms with Gasteiger partial charge in [0.05, 0.1) is 24.4 Å². The Morgan fingerprint density at radius 1 is 1.40 bits per heavy atom. The second-order valence-electron chi connectivity index (χ2n) is 5.67. The number of aromatic nitrogens is 2. The van der Waals surface area contributed by atoms with Crippen molar-refractivity contribution in [3.8, 4) is 0 Å². The zero-order valence-electron chi connectivity index (χ0n) is 11.9. The van der Waals surface area contributed by atoms with Crippen LogP contribution in [0.15, 0.2) is 6.20 Å². The summed E-state index contributed by atoms with van der Waals surface area (Å²) >= 11 is 6.03. The maximum atomic E-state index is 12.2. The minimum atomic E-state index is -0.343. The van der Waals surface area contributed by atoms with Crippen molar-refractivity contribution < 1.29 is 9.53 Å². The lowest BCUT2D eigenvalue weighted by Crippen LogP contribution is -2.41. The van der Waals surface area contributed by atoms with E-state index in [0.29, 0.717) is 32.3 Å². The number of rotatable bonds is 2. The number of nitrogens with zero attached hydrogens (tertiary/aromatic N) is 3. The molecule has 0 aliphatic carbocycles. The largest absolute Gasteiger partial charge is 0.378 e. The number of morpholine rings is 1. The van der Waals surface area contributed by atoms with Crippen molar-refractivity contribution >= 4 is 23.5 Å². The lowest BCUT2D eigenvalue weighted by atomic mass is 10.1. The van der Waals surface area contributed by atoms with Crippen LogP contribution >= 0.6 is 11.6 Å². The fourth-order valence-electron chi connectivity index (χ4n) is 1.83. The Hall–Kier alpha value is -1.40. The van der Waals surface area contributed by atoms with E-state index in [-0.39, 0.29) is 22.2 Å². The molecule has 0 spiro atoms. The molecule has 0 saturated carbocycles. The van der Waals surface area contributed by atoms with E-state index in [1.165, 1.54) is 6.20 Å². The SMILES string of the molecule is CC(C)(C)NC(=O)c1nc(N2CCOCC2)ncc1Cl. The lowest BCUT2D eigenvalue weighted by Gasteiger charge is -2.27. The highest BCUT2D eigenvalue weighted by Crippen LogP contribution is 2.18. The average molecular weight is 299 g/mol. The highest BCUT2D eigenvalue weighted by atomic mass is 35.5. The fraction of sp³-hybridized carbons (Fsp3) is 0.615. The maximum absolute atomic E-state index is 12.2. The van der Waals surface area contributed by atoms with Crippen LogP contribution in [0.2, 0.25) is 5.02 Å². The molecule has 7 heteroatoms. The first kappa shape index (κ1) is 15.0. The van der Waals surface area contributed by atoms with E-state index < -0.39 is 0 Å². The monoisotopic (exact) mass is 298 g/mol. The van der Waals surface area contributed by atoms with Gasteiger partial charge >= 0.3 is 0 Å². The van der Waals surface area contributed by atoms with Gasteiger partial charge in [-0.25, -0.2) is 9.97 Å². The third-order valence-corrected chi connectivity index (χ3v) is 3.01. The summed E-state index contributed by atoms with van der Waals surface area (Å²) in [6, 6.07) is 0. The third-order valence-electron chi connectivity index (χ3n) is 2.73. The number of hydrogen-bond donors (Lipinski definition) is 1. The van der Waals surface area contributed by atoms with Gasteiger partial charge in [0, 0.05) is 18.6 Å². The van der Waals surface area contributed by atoms with Gasteiger partial charge in [0.25, 0.3) is 5.91 Å². The second-order valence-corrected chi connectivity index (χ2v) is 6.08. The Labute approximate surface area is 123 Å². The third kappa shape index (κ3) is 3.80. The number of nitrogens with one attached hydrogen (secondary N) is 1. The molecule has 110 valence electrons.